The maximum atomic E-state index is 15.3. The standard InChI is InChI=1S/C30H31FO8S/c1-17-10-26(36-8-5-9-40(3,34)35)30(31)18(2)29(17)20-7-4-6-19(11-20)27-16-38-24-13-22-21(12-28(32)33)15-37-23(22)14-25(24)39-27/h4,6-7,10-11,13-14,21,27H,5,8-9,12,15-16H2,1-3H3,(H,32,33)/t21-,27?/m1/s1. The van der Waals surface area contributed by atoms with Crippen molar-refractivity contribution >= 4 is 15.8 Å². The van der Waals surface area contributed by atoms with Crippen LogP contribution in [0.25, 0.3) is 11.1 Å². The molecular formula is C30H31FO8S. The summed E-state index contributed by atoms with van der Waals surface area (Å²) < 4.78 is 61.6. The molecule has 40 heavy (non-hydrogen) atoms. The molecule has 0 radical (unpaired) electrons. The number of ether oxygens (including phenoxy) is 4. The van der Waals surface area contributed by atoms with E-state index in [1.165, 1.54) is 0 Å². The molecule has 0 aromatic heterocycles. The average molecular weight is 571 g/mol. The summed E-state index contributed by atoms with van der Waals surface area (Å²) in [7, 11) is -3.11. The molecule has 3 aromatic rings. The molecule has 3 aromatic carbocycles. The SMILES string of the molecule is Cc1cc(OCCCS(C)(=O)=O)c(F)c(C)c1-c1cccc(C2COc3cc4c(cc3O2)OC[C@H]4CC(=O)O)c1. The molecule has 2 aliphatic rings. The fourth-order valence-corrected chi connectivity index (χ4v) is 5.89. The van der Waals surface area contributed by atoms with E-state index in [2.05, 4.69) is 0 Å². The van der Waals surface area contributed by atoms with Crippen molar-refractivity contribution in [3.8, 4) is 34.1 Å². The van der Waals surface area contributed by atoms with Crippen molar-refractivity contribution in [3.05, 3.63) is 70.5 Å². The monoisotopic (exact) mass is 570 g/mol. The molecule has 1 unspecified atom stereocenters. The summed E-state index contributed by atoms with van der Waals surface area (Å²) in [6.07, 6.45) is 1.01. The van der Waals surface area contributed by atoms with E-state index < -0.39 is 27.7 Å². The maximum absolute atomic E-state index is 15.3. The summed E-state index contributed by atoms with van der Waals surface area (Å²) >= 11 is 0. The minimum atomic E-state index is -3.11. The highest BCUT2D eigenvalue weighted by Crippen LogP contribution is 2.46. The first kappa shape index (κ1) is 27.8. The zero-order valence-corrected chi connectivity index (χ0v) is 23.3. The normalized spacial score (nSPS) is 17.7. The number of aryl methyl sites for hydroxylation is 1. The van der Waals surface area contributed by atoms with Crippen LogP contribution in [0.4, 0.5) is 4.39 Å². The molecule has 5 rings (SSSR count). The highest BCUT2D eigenvalue weighted by Gasteiger charge is 2.31. The van der Waals surface area contributed by atoms with Gasteiger partial charge in [0, 0.05) is 23.8 Å². The van der Waals surface area contributed by atoms with Gasteiger partial charge in [-0.1, -0.05) is 18.2 Å². The lowest BCUT2D eigenvalue weighted by atomic mass is 9.93. The number of benzene rings is 3. The third-order valence-electron chi connectivity index (χ3n) is 7.16. The number of fused-ring (bicyclic) bond motifs is 2. The number of halogens is 1. The molecule has 0 aliphatic carbocycles. The van der Waals surface area contributed by atoms with Gasteiger partial charge in [0.25, 0.3) is 0 Å². The van der Waals surface area contributed by atoms with Crippen LogP contribution < -0.4 is 18.9 Å². The van der Waals surface area contributed by atoms with Gasteiger partial charge in [-0.2, -0.15) is 0 Å². The average Bonchev–Trinajstić information content (AvgIpc) is 3.28. The molecule has 0 bridgehead atoms. The van der Waals surface area contributed by atoms with Crippen molar-refractivity contribution in [1.29, 1.82) is 0 Å². The zero-order chi connectivity index (χ0) is 28.6. The second-order valence-electron chi connectivity index (χ2n) is 10.3. The summed E-state index contributed by atoms with van der Waals surface area (Å²) in [5.74, 6) is 0.162. The molecule has 2 heterocycles. The summed E-state index contributed by atoms with van der Waals surface area (Å²) in [6.45, 7) is 4.24. The van der Waals surface area contributed by atoms with Gasteiger partial charge >= 0.3 is 5.97 Å². The van der Waals surface area contributed by atoms with Crippen LogP contribution in [0.2, 0.25) is 0 Å². The molecule has 2 atom stereocenters. The van der Waals surface area contributed by atoms with E-state index in [0.717, 1.165) is 34.1 Å². The van der Waals surface area contributed by atoms with Gasteiger partial charge in [0.15, 0.2) is 29.2 Å². The predicted molar refractivity (Wildman–Crippen MR) is 147 cm³/mol. The number of rotatable bonds is 9. The lowest BCUT2D eigenvalue weighted by molar-refractivity contribution is -0.137. The molecular weight excluding hydrogens is 539 g/mol. The number of sulfone groups is 1. The van der Waals surface area contributed by atoms with E-state index in [1.54, 1.807) is 25.1 Å². The van der Waals surface area contributed by atoms with E-state index in [0.29, 0.717) is 29.4 Å². The van der Waals surface area contributed by atoms with Gasteiger partial charge in [0.2, 0.25) is 0 Å². The Morgan fingerprint density at radius 3 is 2.60 bits per heavy atom. The molecule has 0 saturated heterocycles. The van der Waals surface area contributed by atoms with E-state index >= 15 is 4.39 Å². The summed E-state index contributed by atoms with van der Waals surface area (Å²) in [6, 6.07) is 12.9. The van der Waals surface area contributed by atoms with Crippen LogP contribution in [0.3, 0.4) is 0 Å². The third-order valence-corrected chi connectivity index (χ3v) is 8.19. The molecule has 0 saturated carbocycles. The van der Waals surface area contributed by atoms with Crippen LogP contribution in [0, 0.1) is 19.7 Å². The fourth-order valence-electron chi connectivity index (χ4n) is 5.25. The Morgan fingerprint density at radius 2 is 1.85 bits per heavy atom. The molecule has 0 fully saturated rings. The molecule has 0 amide bonds. The molecule has 10 heteroatoms. The van der Waals surface area contributed by atoms with Crippen molar-refractivity contribution in [2.75, 3.05) is 31.8 Å². The first-order chi connectivity index (χ1) is 19.0. The molecule has 1 N–H and O–H groups in total. The van der Waals surface area contributed by atoms with Crippen molar-refractivity contribution in [2.24, 2.45) is 0 Å². The first-order valence-electron chi connectivity index (χ1n) is 13.0. The summed E-state index contributed by atoms with van der Waals surface area (Å²) in [4.78, 5) is 11.2. The van der Waals surface area contributed by atoms with Gasteiger partial charge in [-0.05, 0) is 66.3 Å². The van der Waals surface area contributed by atoms with Crippen LogP contribution in [-0.2, 0) is 14.6 Å². The zero-order valence-electron chi connectivity index (χ0n) is 22.5. The molecule has 2 aliphatic heterocycles. The van der Waals surface area contributed by atoms with Crippen LogP contribution >= 0.6 is 0 Å². The molecule has 0 spiro atoms. The van der Waals surface area contributed by atoms with Crippen LogP contribution in [0.1, 0.15) is 47.1 Å². The minimum Gasteiger partial charge on any atom is -0.492 e. The van der Waals surface area contributed by atoms with E-state index in [4.69, 9.17) is 18.9 Å². The highest BCUT2D eigenvalue weighted by atomic mass is 32.2. The third kappa shape index (κ3) is 5.86. The van der Waals surface area contributed by atoms with Crippen LogP contribution in [0.5, 0.6) is 23.0 Å². The minimum absolute atomic E-state index is 0.0161. The van der Waals surface area contributed by atoms with E-state index in [-0.39, 0.29) is 43.5 Å². The molecule has 212 valence electrons. The Kier molecular flexibility index (Phi) is 7.63. The summed E-state index contributed by atoms with van der Waals surface area (Å²) in [5.41, 5.74) is 4.48. The van der Waals surface area contributed by atoms with Crippen molar-refractivity contribution in [2.45, 2.75) is 38.7 Å². The molecule has 8 nitrogen and oxygen atoms in total. The van der Waals surface area contributed by atoms with Crippen LogP contribution in [-0.4, -0.2) is 51.3 Å². The topological polar surface area (TPSA) is 108 Å². The van der Waals surface area contributed by atoms with Crippen molar-refractivity contribution in [1.82, 2.24) is 0 Å². The van der Waals surface area contributed by atoms with E-state index in [1.807, 2.05) is 31.2 Å². The quantitative estimate of drug-likeness (QED) is 0.342. The Bertz CT molecular complexity index is 1570. The fraction of sp³-hybridized carbons (Fsp3) is 0.367. The smallest absolute Gasteiger partial charge is 0.304 e. The Labute approximate surface area is 232 Å². The number of aliphatic carboxylic acids is 1. The second-order valence-corrected chi connectivity index (χ2v) is 12.6. The van der Waals surface area contributed by atoms with Crippen molar-refractivity contribution in [3.63, 3.8) is 0 Å². The van der Waals surface area contributed by atoms with Gasteiger partial charge < -0.3 is 24.1 Å². The van der Waals surface area contributed by atoms with Gasteiger partial charge in [0.1, 0.15) is 22.2 Å². The largest absolute Gasteiger partial charge is 0.492 e. The van der Waals surface area contributed by atoms with Gasteiger partial charge in [-0.15, -0.1) is 0 Å². The van der Waals surface area contributed by atoms with Crippen LogP contribution in [0.15, 0.2) is 42.5 Å². The lowest BCUT2D eigenvalue weighted by Gasteiger charge is -2.28. The van der Waals surface area contributed by atoms with Gasteiger partial charge in [0.05, 0.1) is 25.4 Å². The highest BCUT2D eigenvalue weighted by molar-refractivity contribution is 7.90. The lowest BCUT2D eigenvalue weighted by Crippen LogP contribution is -2.21. The second kappa shape index (κ2) is 11.0. The number of hydrogen-bond donors (Lipinski definition) is 1. The number of carboxylic acid groups (broad SMARTS) is 1. The summed E-state index contributed by atoms with van der Waals surface area (Å²) in [5, 5.41) is 9.18. The number of carbonyl (C=O) groups is 1. The Balaban J connectivity index is 1.35. The van der Waals surface area contributed by atoms with E-state index in [9.17, 15) is 18.3 Å². The van der Waals surface area contributed by atoms with Gasteiger partial charge in [-0.25, -0.2) is 12.8 Å². The number of hydrogen-bond acceptors (Lipinski definition) is 7. The maximum Gasteiger partial charge on any atom is 0.304 e. The van der Waals surface area contributed by atoms with Gasteiger partial charge in [-0.3, -0.25) is 4.79 Å². The number of carboxylic acids is 1. The van der Waals surface area contributed by atoms with Crippen molar-refractivity contribution < 1.29 is 41.7 Å². The Morgan fingerprint density at radius 1 is 1.07 bits per heavy atom. The Hall–Kier alpha value is -3.79. The first-order valence-corrected chi connectivity index (χ1v) is 15.1. The predicted octanol–water partition coefficient (Wildman–Crippen LogP) is 5.39.